The van der Waals surface area contributed by atoms with Crippen molar-refractivity contribution in [3.05, 3.63) is 33.8 Å². The van der Waals surface area contributed by atoms with Gasteiger partial charge in [-0.1, -0.05) is 29.3 Å². The molecular weight excluding hydrogens is 283 g/mol. The molecule has 2 N–H and O–H groups in total. The molecule has 1 aliphatic rings. The maximum atomic E-state index is 11.6. The van der Waals surface area contributed by atoms with E-state index in [1.165, 1.54) is 6.26 Å². The fraction of sp³-hybridized carbons (Fsp3) is 0.400. The van der Waals surface area contributed by atoms with Gasteiger partial charge in [0.05, 0.1) is 0 Å². The lowest BCUT2D eigenvalue weighted by atomic mass is 10.0. The predicted molar refractivity (Wildman–Crippen MR) is 69.0 cm³/mol. The maximum absolute atomic E-state index is 11.6. The number of rotatable bonds is 2. The Labute approximate surface area is 110 Å². The van der Waals surface area contributed by atoms with Crippen molar-refractivity contribution in [3.63, 3.8) is 0 Å². The molecular formula is C10H12Cl2N2O2S. The van der Waals surface area contributed by atoms with Gasteiger partial charge in [-0.05, 0) is 17.7 Å². The second kappa shape index (κ2) is 4.74. The van der Waals surface area contributed by atoms with Crippen LogP contribution in [0.15, 0.2) is 18.2 Å². The van der Waals surface area contributed by atoms with E-state index in [0.717, 1.165) is 5.56 Å². The lowest BCUT2D eigenvalue weighted by molar-refractivity contribution is 0.558. The molecule has 0 spiro atoms. The first-order valence-electron chi connectivity index (χ1n) is 5.02. The third-order valence-corrected chi connectivity index (χ3v) is 4.69. The molecule has 0 aromatic heterocycles. The van der Waals surface area contributed by atoms with Crippen LogP contribution in [0.25, 0.3) is 0 Å². The van der Waals surface area contributed by atoms with Crippen molar-refractivity contribution < 1.29 is 8.42 Å². The number of hydrogen-bond donors (Lipinski definition) is 2. The molecule has 1 aliphatic heterocycles. The van der Waals surface area contributed by atoms with E-state index in [4.69, 9.17) is 23.2 Å². The monoisotopic (exact) mass is 294 g/mol. The fourth-order valence-corrected chi connectivity index (χ4v) is 3.64. The highest BCUT2D eigenvalue weighted by molar-refractivity contribution is 7.91. The Hall–Kier alpha value is -0.330. The van der Waals surface area contributed by atoms with Crippen LogP contribution in [0.4, 0.5) is 0 Å². The summed E-state index contributed by atoms with van der Waals surface area (Å²) < 4.78 is 23.2. The summed E-state index contributed by atoms with van der Waals surface area (Å²) in [5.41, 5.74) is 6.39. The molecule has 2 atom stereocenters. The van der Waals surface area contributed by atoms with Crippen LogP contribution in [0.3, 0.4) is 0 Å². The van der Waals surface area contributed by atoms with Gasteiger partial charge in [0.25, 0.3) is 0 Å². The minimum Gasteiger partial charge on any atom is -0.256 e. The van der Waals surface area contributed by atoms with E-state index < -0.39 is 15.2 Å². The number of hydrazine groups is 1. The van der Waals surface area contributed by atoms with Crippen LogP contribution in [0, 0.1) is 0 Å². The summed E-state index contributed by atoms with van der Waals surface area (Å²) in [4.78, 5) is 0. The number of nitrogens with one attached hydrogen (secondary N) is 2. The Morgan fingerprint density at radius 2 is 2.06 bits per heavy atom. The molecule has 1 aromatic carbocycles. The Bertz CT molecular complexity index is 533. The molecule has 2 rings (SSSR count). The van der Waals surface area contributed by atoms with Crippen LogP contribution in [0.2, 0.25) is 10.0 Å². The largest absolute Gasteiger partial charge is 0.256 e. The molecule has 0 radical (unpaired) electrons. The number of benzene rings is 1. The van der Waals surface area contributed by atoms with Crippen LogP contribution in [-0.2, 0) is 9.84 Å². The molecule has 17 heavy (non-hydrogen) atoms. The average Bonchev–Trinajstić information content (AvgIpc) is 2.65. The minimum atomic E-state index is -3.19. The van der Waals surface area contributed by atoms with Crippen LogP contribution >= 0.6 is 23.2 Å². The number of halogens is 2. The van der Waals surface area contributed by atoms with E-state index in [-0.39, 0.29) is 5.92 Å². The van der Waals surface area contributed by atoms with E-state index >= 15 is 0 Å². The van der Waals surface area contributed by atoms with E-state index in [0.29, 0.717) is 16.6 Å². The zero-order chi connectivity index (χ0) is 12.6. The maximum Gasteiger partial charge on any atom is 0.165 e. The van der Waals surface area contributed by atoms with E-state index in [9.17, 15) is 8.42 Å². The van der Waals surface area contributed by atoms with Gasteiger partial charge in [-0.15, -0.1) is 0 Å². The van der Waals surface area contributed by atoms with E-state index in [2.05, 4.69) is 10.9 Å². The highest BCUT2D eigenvalue weighted by Gasteiger charge is 2.36. The first kappa shape index (κ1) is 13.1. The Morgan fingerprint density at radius 1 is 1.35 bits per heavy atom. The molecule has 1 fully saturated rings. The quantitative estimate of drug-likeness (QED) is 0.869. The molecule has 1 saturated heterocycles. The first-order chi connectivity index (χ1) is 7.89. The molecule has 0 aliphatic carbocycles. The standard InChI is InChI=1S/C10H12Cl2N2O2S/c1-17(15,16)10-8(5-13-14-10)7-3-2-6(11)4-9(7)12/h2-4,8,10,13-14H,5H2,1H3. The van der Waals surface area contributed by atoms with Gasteiger partial charge in [0, 0.05) is 28.8 Å². The van der Waals surface area contributed by atoms with E-state index in [1.807, 2.05) is 0 Å². The predicted octanol–water partition coefficient (Wildman–Crippen LogP) is 1.56. The molecule has 0 saturated carbocycles. The molecule has 1 aromatic rings. The highest BCUT2D eigenvalue weighted by atomic mass is 35.5. The van der Waals surface area contributed by atoms with Gasteiger partial charge in [0.1, 0.15) is 5.37 Å². The average molecular weight is 295 g/mol. The minimum absolute atomic E-state index is 0.213. The molecule has 94 valence electrons. The molecule has 2 unspecified atom stereocenters. The summed E-state index contributed by atoms with van der Waals surface area (Å²) in [6, 6.07) is 5.10. The van der Waals surface area contributed by atoms with Gasteiger partial charge in [-0.2, -0.15) is 0 Å². The second-order valence-electron chi connectivity index (χ2n) is 4.05. The fourth-order valence-electron chi connectivity index (χ4n) is 1.96. The number of sulfone groups is 1. The van der Waals surface area contributed by atoms with Crippen LogP contribution in [-0.4, -0.2) is 26.6 Å². The molecule has 7 heteroatoms. The lowest BCUT2D eigenvalue weighted by Crippen LogP contribution is -2.37. The van der Waals surface area contributed by atoms with Gasteiger partial charge in [0.2, 0.25) is 0 Å². The third kappa shape index (κ3) is 2.74. The second-order valence-corrected chi connectivity index (χ2v) is 7.06. The summed E-state index contributed by atoms with van der Waals surface area (Å²) in [6.07, 6.45) is 1.20. The van der Waals surface area contributed by atoms with Gasteiger partial charge in [0.15, 0.2) is 9.84 Å². The van der Waals surface area contributed by atoms with Crippen LogP contribution in [0.1, 0.15) is 11.5 Å². The molecule has 1 heterocycles. The van der Waals surface area contributed by atoms with Crippen molar-refractivity contribution >= 4 is 33.0 Å². The van der Waals surface area contributed by atoms with Gasteiger partial charge in [-0.25, -0.2) is 13.8 Å². The zero-order valence-corrected chi connectivity index (χ0v) is 11.4. The van der Waals surface area contributed by atoms with Gasteiger partial charge < -0.3 is 0 Å². The van der Waals surface area contributed by atoms with Crippen LogP contribution < -0.4 is 10.9 Å². The molecule has 0 bridgehead atoms. The van der Waals surface area contributed by atoms with Crippen molar-refractivity contribution in [2.45, 2.75) is 11.3 Å². The topological polar surface area (TPSA) is 58.2 Å². The summed E-state index contributed by atoms with van der Waals surface area (Å²) in [7, 11) is -3.19. The zero-order valence-electron chi connectivity index (χ0n) is 9.07. The molecule has 0 amide bonds. The number of hydrogen-bond acceptors (Lipinski definition) is 4. The van der Waals surface area contributed by atoms with Gasteiger partial charge in [-0.3, -0.25) is 5.43 Å². The van der Waals surface area contributed by atoms with Crippen molar-refractivity contribution in [3.8, 4) is 0 Å². The summed E-state index contributed by atoms with van der Waals surface area (Å²) in [5.74, 6) is -0.213. The highest BCUT2D eigenvalue weighted by Crippen LogP contribution is 2.32. The molecule has 4 nitrogen and oxygen atoms in total. The van der Waals surface area contributed by atoms with Gasteiger partial charge >= 0.3 is 0 Å². The third-order valence-electron chi connectivity index (χ3n) is 2.75. The van der Waals surface area contributed by atoms with Crippen molar-refractivity contribution in [2.75, 3.05) is 12.8 Å². The SMILES string of the molecule is CS(=O)(=O)C1NNCC1c1ccc(Cl)cc1Cl. The smallest absolute Gasteiger partial charge is 0.165 e. The lowest BCUT2D eigenvalue weighted by Gasteiger charge is -2.18. The first-order valence-corrected chi connectivity index (χ1v) is 7.73. The van der Waals surface area contributed by atoms with Crippen molar-refractivity contribution in [1.82, 2.24) is 10.9 Å². The summed E-state index contributed by atoms with van der Waals surface area (Å²) in [5, 5.41) is 0.358. The summed E-state index contributed by atoms with van der Waals surface area (Å²) >= 11 is 11.9. The Morgan fingerprint density at radius 3 is 2.65 bits per heavy atom. The normalized spacial score (nSPS) is 25.1. The Balaban J connectivity index is 2.39. The summed E-state index contributed by atoms with van der Waals surface area (Å²) in [6.45, 7) is 0.513. The van der Waals surface area contributed by atoms with E-state index in [1.54, 1.807) is 18.2 Å². The van der Waals surface area contributed by atoms with Crippen molar-refractivity contribution in [2.24, 2.45) is 0 Å². The van der Waals surface area contributed by atoms with Crippen LogP contribution in [0.5, 0.6) is 0 Å². The Kier molecular flexibility index (Phi) is 3.66. The van der Waals surface area contributed by atoms with Crippen molar-refractivity contribution in [1.29, 1.82) is 0 Å².